The first kappa shape index (κ1) is 21.1. The van der Waals surface area contributed by atoms with Gasteiger partial charge in [0.2, 0.25) is 0 Å². The van der Waals surface area contributed by atoms with E-state index in [4.69, 9.17) is 9.47 Å². The molecule has 1 saturated carbocycles. The topological polar surface area (TPSA) is 50.8 Å². The summed E-state index contributed by atoms with van der Waals surface area (Å²) in [6, 6.07) is 14.6. The predicted octanol–water partition coefficient (Wildman–Crippen LogP) is 4.35. The van der Waals surface area contributed by atoms with Gasteiger partial charge in [-0.15, -0.1) is 11.8 Å². The molecule has 1 amide bonds. The molecular weight excluding hydrogens is 396 g/mol. The van der Waals surface area contributed by atoms with Crippen LogP contribution < -0.4 is 14.8 Å². The molecule has 0 unspecified atom stereocenters. The fourth-order valence-electron chi connectivity index (χ4n) is 3.76. The Kier molecular flexibility index (Phi) is 6.85. The van der Waals surface area contributed by atoms with Crippen LogP contribution in [0.15, 0.2) is 47.4 Å². The minimum absolute atomic E-state index is 0.0349. The zero-order valence-corrected chi connectivity index (χ0v) is 18.5. The molecular formula is C24H30N2O3S. The zero-order valence-electron chi connectivity index (χ0n) is 17.7. The van der Waals surface area contributed by atoms with E-state index in [0.29, 0.717) is 23.1 Å². The summed E-state index contributed by atoms with van der Waals surface area (Å²) in [6.45, 7) is 2.97. The van der Waals surface area contributed by atoms with Gasteiger partial charge < -0.3 is 14.8 Å². The average molecular weight is 427 g/mol. The maximum Gasteiger partial charge on any atom is 0.251 e. The van der Waals surface area contributed by atoms with Crippen molar-refractivity contribution in [2.45, 2.75) is 49.3 Å². The Labute approximate surface area is 183 Å². The molecule has 5 nitrogen and oxygen atoms in total. The number of carbonyl (C=O) groups is 1. The fourth-order valence-corrected chi connectivity index (χ4v) is 4.17. The quantitative estimate of drug-likeness (QED) is 0.636. The van der Waals surface area contributed by atoms with Crippen molar-refractivity contribution in [2.75, 3.05) is 26.5 Å². The van der Waals surface area contributed by atoms with Crippen molar-refractivity contribution >= 4 is 17.7 Å². The number of piperidine rings is 1. The van der Waals surface area contributed by atoms with Crippen molar-refractivity contribution in [3.05, 3.63) is 53.6 Å². The van der Waals surface area contributed by atoms with E-state index in [-0.39, 0.29) is 12.0 Å². The number of benzene rings is 2. The van der Waals surface area contributed by atoms with Crippen LogP contribution in [0.25, 0.3) is 0 Å². The highest BCUT2D eigenvalue weighted by Gasteiger charge is 2.25. The lowest BCUT2D eigenvalue weighted by Crippen LogP contribution is -2.37. The van der Waals surface area contributed by atoms with Crippen LogP contribution in [-0.2, 0) is 6.54 Å². The Morgan fingerprint density at radius 3 is 2.43 bits per heavy atom. The number of rotatable bonds is 8. The summed E-state index contributed by atoms with van der Waals surface area (Å²) in [5.74, 6) is 1.30. The Balaban J connectivity index is 1.32. The lowest BCUT2D eigenvalue weighted by atomic mass is 10.1. The van der Waals surface area contributed by atoms with Crippen molar-refractivity contribution < 1.29 is 14.3 Å². The van der Waals surface area contributed by atoms with Gasteiger partial charge in [-0.2, -0.15) is 0 Å². The smallest absolute Gasteiger partial charge is 0.251 e. The van der Waals surface area contributed by atoms with Crippen molar-refractivity contribution in [3.8, 4) is 11.5 Å². The molecule has 1 saturated heterocycles. The van der Waals surface area contributed by atoms with Gasteiger partial charge in [0, 0.05) is 36.1 Å². The molecule has 2 aromatic rings. The van der Waals surface area contributed by atoms with Gasteiger partial charge in [-0.25, -0.2) is 0 Å². The zero-order chi connectivity index (χ0) is 20.9. The van der Waals surface area contributed by atoms with E-state index in [9.17, 15) is 4.79 Å². The second kappa shape index (κ2) is 9.75. The molecule has 0 bridgehead atoms. The van der Waals surface area contributed by atoms with Gasteiger partial charge >= 0.3 is 0 Å². The van der Waals surface area contributed by atoms with E-state index in [1.54, 1.807) is 24.9 Å². The van der Waals surface area contributed by atoms with Crippen molar-refractivity contribution in [2.24, 2.45) is 0 Å². The van der Waals surface area contributed by atoms with Crippen LogP contribution in [0, 0.1) is 0 Å². The van der Waals surface area contributed by atoms with Crippen LogP contribution in [-0.4, -0.2) is 49.4 Å². The Morgan fingerprint density at radius 2 is 1.80 bits per heavy atom. The van der Waals surface area contributed by atoms with E-state index >= 15 is 0 Å². The largest absolute Gasteiger partial charge is 0.493 e. The second-order valence-electron chi connectivity index (χ2n) is 8.05. The molecule has 1 aliphatic carbocycles. The molecule has 4 rings (SSSR count). The normalized spacial score (nSPS) is 17.5. The van der Waals surface area contributed by atoms with Crippen molar-refractivity contribution in [1.82, 2.24) is 10.2 Å². The number of thioether (sulfide) groups is 1. The number of nitrogens with one attached hydrogen (secondary N) is 1. The van der Waals surface area contributed by atoms with Gasteiger partial charge in [0.15, 0.2) is 11.5 Å². The van der Waals surface area contributed by atoms with E-state index in [2.05, 4.69) is 40.7 Å². The van der Waals surface area contributed by atoms with E-state index in [0.717, 1.165) is 45.3 Å². The van der Waals surface area contributed by atoms with Gasteiger partial charge in [-0.05, 0) is 67.8 Å². The third kappa shape index (κ3) is 5.49. The van der Waals surface area contributed by atoms with Gasteiger partial charge in [0.1, 0.15) is 6.10 Å². The molecule has 0 atom stereocenters. The number of carbonyl (C=O) groups excluding carboxylic acids is 1. The van der Waals surface area contributed by atoms with Gasteiger partial charge in [-0.3, -0.25) is 9.69 Å². The van der Waals surface area contributed by atoms with Crippen molar-refractivity contribution in [1.29, 1.82) is 0 Å². The first-order chi connectivity index (χ1) is 14.6. The van der Waals surface area contributed by atoms with Crippen LogP contribution in [0.3, 0.4) is 0 Å². The molecule has 0 spiro atoms. The number of hydrogen-bond donors (Lipinski definition) is 1. The fraction of sp³-hybridized carbons (Fsp3) is 0.458. The maximum absolute atomic E-state index is 12.4. The molecule has 0 aromatic heterocycles. The average Bonchev–Trinajstić information content (AvgIpc) is 3.59. The Morgan fingerprint density at radius 1 is 1.07 bits per heavy atom. The lowest BCUT2D eigenvalue weighted by molar-refractivity contribution is 0.0923. The minimum atomic E-state index is -0.0349. The van der Waals surface area contributed by atoms with E-state index < -0.39 is 0 Å². The monoisotopic (exact) mass is 426 g/mol. The molecule has 2 aliphatic rings. The number of hydrogen-bond acceptors (Lipinski definition) is 5. The maximum atomic E-state index is 12.4. The summed E-state index contributed by atoms with van der Waals surface area (Å²) in [6.07, 6.45) is 6.31. The van der Waals surface area contributed by atoms with Crippen LogP contribution in [0.5, 0.6) is 11.5 Å². The summed E-state index contributed by atoms with van der Waals surface area (Å²) in [4.78, 5) is 16.2. The molecule has 1 N–H and O–H groups in total. The number of likely N-dealkylation sites (tertiary alicyclic amines) is 1. The third-order valence-electron chi connectivity index (χ3n) is 5.73. The number of amides is 1. The highest BCUT2D eigenvalue weighted by Crippen LogP contribution is 2.31. The summed E-state index contributed by atoms with van der Waals surface area (Å²) < 4.78 is 11.7. The van der Waals surface area contributed by atoms with Crippen molar-refractivity contribution in [3.63, 3.8) is 0 Å². The molecule has 2 fully saturated rings. The summed E-state index contributed by atoms with van der Waals surface area (Å²) in [7, 11) is 1.64. The van der Waals surface area contributed by atoms with Gasteiger partial charge in [0.25, 0.3) is 5.91 Å². The molecule has 1 aliphatic heterocycles. The number of methoxy groups -OCH3 is 1. The number of ether oxygens (including phenoxy) is 2. The van der Waals surface area contributed by atoms with E-state index in [1.807, 2.05) is 12.1 Å². The molecule has 160 valence electrons. The standard InChI is InChI=1S/C24H30N2O3S/c1-28-22-10-5-18(24(27)25-19-6-7-19)15-23(22)29-20-11-13-26(14-12-20)16-17-3-8-21(30-2)9-4-17/h3-5,8-10,15,19-20H,6-7,11-14,16H2,1-2H3,(H,25,27). The molecule has 2 aromatic carbocycles. The van der Waals surface area contributed by atoms with E-state index in [1.165, 1.54) is 10.5 Å². The highest BCUT2D eigenvalue weighted by atomic mass is 32.2. The van der Waals surface area contributed by atoms with Gasteiger partial charge in [-0.1, -0.05) is 12.1 Å². The van der Waals surface area contributed by atoms with Crippen LogP contribution in [0.2, 0.25) is 0 Å². The SMILES string of the molecule is COc1ccc(C(=O)NC2CC2)cc1OC1CCN(Cc2ccc(SC)cc2)CC1. The first-order valence-corrected chi connectivity index (χ1v) is 11.9. The lowest BCUT2D eigenvalue weighted by Gasteiger charge is -2.32. The predicted molar refractivity (Wildman–Crippen MR) is 121 cm³/mol. The molecule has 6 heteroatoms. The Hall–Kier alpha value is -2.18. The summed E-state index contributed by atoms with van der Waals surface area (Å²) in [5.41, 5.74) is 1.98. The second-order valence-corrected chi connectivity index (χ2v) is 8.93. The summed E-state index contributed by atoms with van der Waals surface area (Å²) in [5, 5.41) is 3.03. The summed E-state index contributed by atoms with van der Waals surface area (Å²) >= 11 is 1.77. The highest BCUT2D eigenvalue weighted by molar-refractivity contribution is 7.98. The van der Waals surface area contributed by atoms with Crippen LogP contribution >= 0.6 is 11.8 Å². The van der Waals surface area contributed by atoms with Crippen LogP contribution in [0.4, 0.5) is 0 Å². The third-order valence-corrected chi connectivity index (χ3v) is 6.48. The van der Waals surface area contributed by atoms with Gasteiger partial charge in [0.05, 0.1) is 7.11 Å². The number of nitrogens with zero attached hydrogens (tertiary/aromatic N) is 1. The molecule has 0 radical (unpaired) electrons. The molecule has 1 heterocycles. The Bertz CT molecular complexity index is 859. The first-order valence-electron chi connectivity index (χ1n) is 10.7. The minimum Gasteiger partial charge on any atom is -0.493 e. The molecule has 30 heavy (non-hydrogen) atoms. The van der Waals surface area contributed by atoms with Crippen LogP contribution in [0.1, 0.15) is 41.6 Å².